The van der Waals surface area contributed by atoms with Gasteiger partial charge in [0, 0.05) is 6.04 Å². The molecule has 0 aliphatic heterocycles. The molecule has 0 saturated carbocycles. The first-order valence-corrected chi connectivity index (χ1v) is 8.26. The Morgan fingerprint density at radius 1 is 1.11 bits per heavy atom. The van der Waals surface area contributed by atoms with E-state index < -0.39 is 9.84 Å². The molecule has 1 aromatic rings. The van der Waals surface area contributed by atoms with Crippen LogP contribution in [0, 0.1) is 0 Å². The van der Waals surface area contributed by atoms with Crippen molar-refractivity contribution in [1.29, 1.82) is 0 Å². The standard InChI is InChI=1S/C14H23NO2S/c1-3-8-13(15-11-4-2)12-18(16,17)14-9-6-5-7-10-14/h5-7,9-10,13,15H,3-4,8,11-12H2,1-2H3. The molecule has 18 heavy (non-hydrogen) atoms. The molecule has 1 atom stereocenters. The van der Waals surface area contributed by atoms with Gasteiger partial charge in [0.2, 0.25) is 0 Å². The molecule has 0 heterocycles. The molecule has 0 aliphatic carbocycles. The summed E-state index contributed by atoms with van der Waals surface area (Å²) in [7, 11) is -3.17. The van der Waals surface area contributed by atoms with Gasteiger partial charge in [0.05, 0.1) is 10.6 Å². The van der Waals surface area contributed by atoms with Gasteiger partial charge in [-0.3, -0.25) is 0 Å². The van der Waals surface area contributed by atoms with Crippen LogP contribution in [0.1, 0.15) is 33.1 Å². The van der Waals surface area contributed by atoms with Crippen molar-refractivity contribution in [3.8, 4) is 0 Å². The quantitative estimate of drug-likeness (QED) is 0.789. The van der Waals surface area contributed by atoms with Gasteiger partial charge >= 0.3 is 0 Å². The van der Waals surface area contributed by atoms with Crippen LogP contribution in [0.25, 0.3) is 0 Å². The molecule has 1 aromatic carbocycles. The third-order valence-electron chi connectivity index (χ3n) is 2.84. The summed E-state index contributed by atoms with van der Waals surface area (Å²) in [4.78, 5) is 0.421. The average molecular weight is 269 g/mol. The van der Waals surface area contributed by atoms with Crippen molar-refractivity contribution in [2.75, 3.05) is 12.3 Å². The number of hydrogen-bond donors (Lipinski definition) is 1. The molecule has 0 fully saturated rings. The topological polar surface area (TPSA) is 46.2 Å². The van der Waals surface area contributed by atoms with Gasteiger partial charge in [-0.25, -0.2) is 8.42 Å². The van der Waals surface area contributed by atoms with E-state index in [9.17, 15) is 8.42 Å². The van der Waals surface area contributed by atoms with Gasteiger partial charge in [0.1, 0.15) is 0 Å². The molecular weight excluding hydrogens is 246 g/mol. The molecule has 0 amide bonds. The summed E-state index contributed by atoms with van der Waals surface area (Å²) in [5, 5.41) is 3.32. The van der Waals surface area contributed by atoms with E-state index >= 15 is 0 Å². The third kappa shape index (κ3) is 4.78. The van der Waals surface area contributed by atoms with Crippen LogP contribution in [0.5, 0.6) is 0 Å². The second kappa shape index (κ2) is 7.54. The SMILES string of the molecule is CCCNC(CCC)CS(=O)(=O)c1ccccc1. The van der Waals surface area contributed by atoms with E-state index in [0.29, 0.717) is 4.90 Å². The number of rotatable bonds is 8. The Kier molecular flexibility index (Phi) is 6.36. The van der Waals surface area contributed by atoms with Crippen molar-refractivity contribution in [3.05, 3.63) is 30.3 Å². The van der Waals surface area contributed by atoms with Crippen LogP contribution in [0.4, 0.5) is 0 Å². The van der Waals surface area contributed by atoms with Crippen molar-refractivity contribution in [1.82, 2.24) is 5.32 Å². The Morgan fingerprint density at radius 3 is 2.33 bits per heavy atom. The molecule has 0 spiro atoms. The zero-order valence-electron chi connectivity index (χ0n) is 11.2. The van der Waals surface area contributed by atoms with E-state index in [-0.39, 0.29) is 11.8 Å². The highest BCUT2D eigenvalue weighted by molar-refractivity contribution is 7.91. The minimum atomic E-state index is -3.17. The van der Waals surface area contributed by atoms with Gasteiger partial charge in [0.15, 0.2) is 9.84 Å². The fourth-order valence-electron chi connectivity index (χ4n) is 1.93. The predicted octanol–water partition coefficient (Wildman–Crippen LogP) is 2.63. The Morgan fingerprint density at radius 2 is 1.78 bits per heavy atom. The molecule has 0 bridgehead atoms. The molecule has 0 aromatic heterocycles. The maximum atomic E-state index is 12.2. The highest BCUT2D eigenvalue weighted by atomic mass is 32.2. The first kappa shape index (κ1) is 15.2. The fraction of sp³-hybridized carbons (Fsp3) is 0.571. The van der Waals surface area contributed by atoms with E-state index in [0.717, 1.165) is 25.8 Å². The lowest BCUT2D eigenvalue weighted by Gasteiger charge is -2.17. The molecule has 0 saturated heterocycles. The Bertz CT molecular complexity index is 428. The van der Waals surface area contributed by atoms with Gasteiger partial charge in [0.25, 0.3) is 0 Å². The van der Waals surface area contributed by atoms with E-state index in [1.165, 1.54) is 0 Å². The molecule has 0 radical (unpaired) electrons. The van der Waals surface area contributed by atoms with Crippen LogP contribution in [-0.2, 0) is 9.84 Å². The lowest BCUT2D eigenvalue weighted by molar-refractivity contribution is 0.500. The summed E-state index contributed by atoms with van der Waals surface area (Å²) < 4.78 is 24.5. The van der Waals surface area contributed by atoms with Crippen molar-refractivity contribution >= 4 is 9.84 Å². The first-order chi connectivity index (χ1) is 8.60. The largest absolute Gasteiger partial charge is 0.313 e. The molecule has 1 unspecified atom stereocenters. The molecule has 0 aliphatic rings. The second-order valence-corrected chi connectivity index (χ2v) is 6.57. The maximum Gasteiger partial charge on any atom is 0.179 e. The lowest BCUT2D eigenvalue weighted by Crippen LogP contribution is -2.36. The summed E-state index contributed by atoms with van der Waals surface area (Å²) in [5.41, 5.74) is 0. The number of nitrogens with one attached hydrogen (secondary N) is 1. The normalized spacial score (nSPS) is 13.4. The zero-order chi connectivity index (χ0) is 13.4. The first-order valence-electron chi connectivity index (χ1n) is 6.61. The van der Waals surface area contributed by atoms with Crippen LogP contribution < -0.4 is 5.32 Å². The minimum absolute atomic E-state index is 0.0557. The minimum Gasteiger partial charge on any atom is -0.313 e. The van der Waals surface area contributed by atoms with Crippen LogP contribution in [-0.4, -0.2) is 26.8 Å². The summed E-state index contributed by atoms with van der Waals surface area (Å²) in [6.45, 7) is 5.03. The third-order valence-corrected chi connectivity index (χ3v) is 4.67. The van der Waals surface area contributed by atoms with Crippen molar-refractivity contribution in [3.63, 3.8) is 0 Å². The lowest BCUT2D eigenvalue weighted by atomic mass is 10.2. The van der Waals surface area contributed by atoms with Crippen molar-refractivity contribution < 1.29 is 8.42 Å². The van der Waals surface area contributed by atoms with Crippen molar-refractivity contribution in [2.24, 2.45) is 0 Å². The van der Waals surface area contributed by atoms with Gasteiger partial charge in [-0.15, -0.1) is 0 Å². The molecule has 102 valence electrons. The molecule has 1 rings (SSSR count). The van der Waals surface area contributed by atoms with Gasteiger partial charge in [-0.1, -0.05) is 38.5 Å². The number of hydrogen-bond acceptors (Lipinski definition) is 3. The highest BCUT2D eigenvalue weighted by Gasteiger charge is 2.19. The number of benzene rings is 1. The van der Waals surface area contributed by atoms with E-state index in [1.54, 1.807) is 24.3 Å². The summed E-state index contributed by atoms with van der Waals surface area (Å²) in [5.74, 6) is 0.185. The Labute approximate surface area is 111 Å². The predicted molar refractivity (Wildman–Crippen MR) is 75.5 cm³/mol. The molecule has 3 nitrogen and oxygen atoms in total. The Hall–Kier alpha value is -0.870. The highest BCUT2D eigenvalue weighted by Crippen LogP contribution is 2.13. The van der Waals surface area contributed by atoms with Crippen LogP contribution in [0.15, 0.2) is 35.2 Å². The average Bonchev–Trinajstić information content (AvgIpc) is 2.37. The van der Waals surface area contributed by atoms with Crippen LogP contribution >= 0.6 is 0 Å². The van der Waals surface area contributed by atoms with Gasteiger partial charge in [-0.05, 0) is 31.5 Å². The van der Waals surface area contributed by atoms with E-state index in [1.807, 2.05) is 6.07 Å². The van der Waals surface area contributed by atoms with Crippen LogP contribution in [0.2, 0.25) is 0 Å². The van der Waals surface area contributed by atoms with Gasteiger partial charge in [-0.2, -0.15) is 0 Å². The molecular formula is C14H23NO2S. The van der Waals surface area contributed by atoms with Crippen LogP contribution in [0.3, 0.4) is 0 Å². The smallest absolute Gasteiger partial charge is 0.179 e. The van der Waals surface area contributed by atoms with Crippen molar-refractivity contribution in [2.45, 2.75) is 44.0 Å². The second-order valence-electron chi connectivity index (χ2n) is 4.53. The zero-order valence-corrected chi connectivity index (χ0v) is 12.0. The van der Waals surface area contributed by atoms with E-state index in [2.05, 4.69) is 19.2 Å². The fourth-order valence-corrected chi connectivity index (χ4v) is 3.51. The Balaban J connectivity index is 2.73. The molecule has 1 N–H and O–H groups in total. The summed E-state index contributed by atoms with van der Waals surface area (Å²) in [6.07, 6.45) is 2.91. The maximum absolute atomic E-state index is 12.2. The monoisotopic (exact) mass is 269 g/mol. The van der Waals surface area contributed by atoms with Gasteiger partial charge < -0.3 is 5.32 Å². The summed E-state index contributed by atoms with van der Waals surface area (Å²) in [6, 6.07) is 8.75. The number of sulfone groups is 1. The summed E-state index contributed by atoms with van der Waals surface area (Å²) >= 11 is 0. The van der Waals surface area contributed by atoms with E-state index in [4.69, 9.17) is 0 Å². The molecule has 4 heteroatoms.